The summed E-state index contributed by atoms with van der Waals surface area (Å²) >= 11 is 0. The van der Waals surface area contributed by atoms with Crippen molar-refractivity contribution in [1.82, 2.24) is 0 Å². The maximum atomic E-state index is 12.7. The van der Waals surface area contributed by atoms with E-state index in [1.165, 1.54) is 154 Å². The first-order valence-electron chi connectivity index (χ1n) is 24.2. The van der Waals surface area contributed by atoms with Gasteiger partial charge in [0.15, 0.2) is 6.10 Å². The first-order chi connectivity index (χ1) is 26.7. The highest BCUT2D eigenvalue weighted by Crippen LogP contribution is 2.17. The lowest BCUT2D eigenvalue weighted by Crippen LogP contribution is -2.30. The number of carbonyl (C=O) groups is 3. The highest BCUT2D eigenvalue weighted by atomic mass is 16.6. The first kappa shape index (κ1) is 53.4. The van der Waals surface area contributed by atoms with Gasteiger partial charge in [-0.2, -0.15) is 0 Å². The van der Waals surface area contributed by atoms with Crippen LogP contribution in [0, 0.1) is 11.8 Å². The topological polar surface area (TPSA) is 78.9 Å². The highest BCUT2D eigenvalue weighted by Gasteiger charge is 2.19. The summed E-state index contributed by atoms with van der Waals surface area (Å²) in [6.45, 7) is 11.3. The zero-order valence-electron chi connectivity index (χ0n) is 37.6. The molecule has 0 saturated heterocycles. The molecule has 0 N–H and O–H groups in total. The smallest absolute Gasteiger partial charge is 0.306 e. The summed E-state index contributed by atoms with van der Waals surface area (Å²) in [5.74, 6) is 0.728. The zero-order valence-corrected chi connectivity index (χ0v) is 37.6. The minimum Gasteiger partial charge on any atom is -0.462 e. The lowest BCUT2D eigenvalue weighted by atomic mass is 10.0. The van der Waals surface area contributed by atoms with Crippen LogP contribution in [0.4, 0.5) is 0 Å². The third-order valence-electron chi connectivity index (χ3n) is 11.0. The Labute approximate surface area is 342 Å². The van der Waals surface area contributed by atoms with Gasteiger partial charge in [0, 0.05) is 19.3 Å². The average molecular weight is 779 g/mol. The van der Waals surface area contributed by atoms with Gasteiger partial charge in [-0.25, -0.2) is 0 Å². The number of rotatable bonds is 43. The number of ether oxygens (including phenoxy) is 3. The van der Waals surface area contributed by atoms with Crippen LogP contribution in [0.1, 0.15) is 266 Å². The van der Waals surface area contributed by atoms with E-state index in [4.69, 9.17) is 14.2 Å². The Morgan fingerprint density at radius 2 is 0.600 bits per heavy atom. The third kappa shape index (κ3) is 43.4. The average Bonchev–Trinajstić information content (AvgIpc) is 3.15. The van der Waals surface area contributed by atoms with Crippen LogP contribution >= 0.6 is 0 Å². The van der Waals surface area contributed by atoms with Gasteiger partial charge < -0.3 is 14.2 Å². The molecule has 0 aromatic rings. The molecule has 0 bridgehead atoms. The van der Waals surface area contributed by atoms with Gasteiger partial charge in [-0.3, -0.25) is 14.4 Å². The van der Waals surface area contributed by atoms with Crippen LogP contribution in [0.15, 0.2) is 0 Å². The maximum absolute atomic E-state index is 12.7. The molecule has 0 heterocycles. The van der Waals surface area contributed by atoms with Crippen molar-refractivity contribution in [2.75, 3.05) is 13.2 Å². The van der Waals surface area contributed by atoms with Gasteiger partial charge in [0.25, 0.3) is 0 Å². The summed E-state index contributed by atoms with van der Waals surface area (Å²) in [5, 5.41) is 0. The Kier molecular flexibility index (Phi) is 40.8. The van der Waals surface area contributed by atoms with E-state index < -0.39 is 6.10 Å². The molecule has 0 radical (unpaired) electrons. The molecule has 0 saturated carbocycles. The molecule has 0 unspecified atom stereocenters. The van der Waals surface area contributed by atoms with Gasteiger partial charge in [0.05, 0.1) is 0 Å². The predicted octanol–water partition coefficient (Wildman–Crippen LogP) is 15.4. The normalized spacial score (nSPS) is 12.1. The number of unbranched alkanes of at least 4 members (excludes halogenated alkanes) is 28. The largest absolute Gasteiger partial charge is 0.462 e. The molecule has 1 atom stereocenters. The SMILES string of the molecule is CCCCCCCCCCCCCCCCC(=O)OC[C@H](COC(=O)CCCCCCCCCCCCCC(C)C)OC(=O)CCCCCCCCC(C)C. The molecule has 0 aliphatic carbocycles. The van der Waals surface area contributed by atoms with E-state index in [9.17, 15) is 14.4 Å². The quantitative estimate of drug-likeness (QED) is 0.0348. The standard InChI is InChI=1S/C49H94O6/c1-6-7-8-9-10-11-12-13-14-17-20-23-29-34-39-47(50)53-42-46(55-49(52)41-36-31-26-25-28-33-38-45(4)5)43-54-48(51)40-35-30-24-21-18-15-16-19-22-27-32-37-44(2)3/h44-46H,6-43H2,1-5H3/t46-/m1/s1. The van der Waals surface area contributed by atoms with E-state index in [2.05, 4.69) is 34.6 Å². The van der Waals surface area contributed by atoms with E-state index in [0.717, 1.165) is 69.6 Å². The van der Waals surface area contributed by atoms with Crippen LogP contribution in [0.25, 0.3) is 0 Å². The number of carbonyl (C=O) groups excluding carboxylic acids is 3. The molecule has 0 aliphatic heterocycles. The van der Waals surface area contributed by atoms with Crippen LogP contribution in [0.3, 0.4) is 0 Å². The fourth-order valence-corrected chi connectivity index (χ4v) is 7.28. The van der Waals surface area contributed by atoms with E-state index >= 15 is 0 Å². The zero-order chi connectivity index (χ0) is 40.5. The molecule has 6 heteroatoms. The Morgan fingerprint density at radius 1 is 0.345 bits per heavy atom. The second kappa shape index (κ2) is 42.0. The lowest BCUT2D eigenvalue weighted by Gasteiger charge is -2.18. The Morgan fingerprint density at radius 3 is 0.891 bits per heavy atom. The van der Waals surface area contributed by atoms with Gasteiger partial charge in [-0.1, -0.05) is 227 Å². The second-order valence-electron chi connectivity index (χ2n) is 17.7. The molecule has 0 rings (SSSR count). The summed E-state index contributed by atoms with van der Waals surface area (Å²) in [7, 11) is 0. The van der Waals surface area contributed by atoms with Gasteiger partial charge >= 0.3 is 17.9 Å². The molecule has 0 fully saturated rings. The lowest BCUT2D eigenvalue weighted by molar-refractivity contribution is -0.167. The maximum Gasteiger partial charge on any atom is 0.306 e. The molecule has 0 aliphatic rings. The monoisotopic (exact) mass is 779 g/mol. The van der Waals surface area contributed by atoms with Gasteiger partial charge in [-0.15, -0.1) is 0 Å². The van der Waals surface area contributed by atoms with Crippen LogP contribution in [-0.4, -0.2) is 37.2 Å². The highest BCUT2D eigenvalue weighted by molar-refractivity contribution is 5.71. The number of esters is 3. The second-order valence-corrected chi connectivity index (χ2v) is 17.7. The molecule has 326 valence electrons. The van der Waals surface area contributed by atoms with E-state index in [-0.39, 0.29) is 31.1 Å². The summed E-state index contributed by atoms with van der Waals surface area (Å²) < 4.78 is 16.7. The molecule has 0 aromatic carbocycles. The molecule has 55 heavy (non-hydrogen) atoms. The van der Waals surface area contributed by atoms with Gasteiger partial charge in [0.2, 0.25) is 0 Å². The number of hydrogen-bond donors (Lipinski definition) is 0. The van der Waals surface area contributed by atoms with Crippen LogP contribution in [0.5, 0.6) is 0 Å². The summed E-state index contributed by atoms with van der Waals surface area (Å²) in [5.41, 5.74) is 0. The van der Waals surface area contributed by atoms with Crippen molar-refractivity contribution in [2.45, 2.75) is 272 Å². The van der Waals surface area contributed by atoms with E-state index in [1.54, 1.807) is 0 Å². The van der Waals surface area contributed by atoms with E-state index in [1.807, 2.05) is 0 Å². The minimum absolute atomic E-state index is 0.0652. The van der Waals surface area contributed by atoms with Crippen LogP contribution < -0.4 is 0 Å². The van der Waals surface area contributed by atoms with Gasteiger partial charge in [-0.05, 0) is 31.1 Å². The Bertz CT molecular complexity index is 839. The van der Waals surface area contributed by atoms with Crippen molar-refractivity contribution in [3.63, 3.8) is 0 Å². The summed E-state index contributed by atoms with van der Waals surface area (Å²) in [6.07, 6.45) is 41.0. The Hall–Kier alpha value is -1.59. The van der Waals surface area contributed by atoms with Crippen molar-refractivity contribution >= 4 is 17.9 Å². The van der Waals surface area contributed by atoms with Crippen molar-refractivity contribution in [3.8, 4) is 0 Å². The van der Waals surface area contributed by atoms with Crippen molar-refractivity contribution in [2.24, 2.45) is 11.8 Å². The predicted molar refractivity (Wildman–Crippen MR) is 233 cm³/mol. The third-order valence-corrected chi connectivity index (χ3v) is 11.0. The summed E-state index contributed by atoms with van der Waals surface area (Å²) in [4.78, 5) is 37.8. The fraction of sp³-hybridized carbons (Fsp3) is 0.939. The molecular formula is C49H94O6. The van der Waals surface area contributed by atoms with Crippen LogP contribution in [-0.2, 0) is 28.6 Å². The molecule has 0 amide bonds. The Balaban J connectivity index is 4.28. The minimum atomic E-state index is -0.761. The number of hydrogen-bond acceptors (Lipinski definition) is 6. The summed E-state index contributed by atoms with van der Waals surface area (Å²) in [6, 6.07) is 0. The first-order valence-corrected chi connectivity index (χ1v) is 24.2. The fourth-order valence-electron chi connectivity index (χ4n) is 7.28. The molecule has 6 nitrogen and oxygen atoms in total. The van der Waals surface area contributed by atoms with Crippen molar-refractivity contribution in [3.05, 3.63) is 0 Å². The van der Waals surface area contributed by atoms with Crippen LogP contribution in [0.2, 0.25) is 0 Å². The molecule has 0 spiro atoms. The molecular weight excluding hydrogens is 685 g/mol. The van der Waals surface area contributed by atoms with Gasteiger partial charge in [0.1, 0.15) is 13.2 Å². The molecule has 0 aromatic heterocycles. The van der Waals surface area contributed by atoms with Crippen molar-refractivity contribution in [1.29, 1.82) is 0 Å². The van der Waals surface area contributed by atoms with Crippen molar-refractivity contribution < 1.29 is 28.6 Å². The van der Waals surface area contributed by atoms with E-state index in [0.29, 0.717) is 19.3 Å².